The first kappa shape index (κ1) is 13.8. The van der Waals surface area contributed by atoms with Crippen molar-refractivity contribution in [2.75, 3.05) is 7.11 Å². The second-order valence-electron chi connectivity index (χ2n) is 4.23. The Kier molecular flexibility index (Phi) is 3.49. The first-order chi connectivity index (χ1) is 8.80. The zero-order valence-electron chi connectivity index (χ0n) is 10.4. The third-order valence-corrected chi connectivity index (χ3v) is 3.46. The van der Waals surface area contributed by atoms with Crippen LogP contribution >= 0.6 is 7.60 Å². The number of ether oxygens (including phenoxy) is 1. The van der Waals surface area contributed by atoms with Crippen molar-refractivity contribution in [3.05, 3.63) is 39.7 Å². The van der Waals surface area contributed by atoms with Gasteiger partial charge in [-0.25, -0.2) is 4.79 Å². The molecule has 1 aromatic heterocycles. The number of aryl methyl sites for hydroxylation is 1. The fourth-order valence-corrected chi connectivity index (χ4v) is 2.72. The van der Waals surface area contributed by atoms with Crippen molar-refractivity contribution < 1.29 is 23.5 Å². The van der Waals surface area contributed by atoms with E-state index in [-0.39, 0.29) is 11.1 Å². The molecule has 0 amide bonds. The quantitative estimate of drug-likeness (QED) is 0.658. The summed E-state index contributed by atoms with van der Waals surface area (Å²) in [5, 5.41) is 0.531. The Bertz CT molecular complexity index is 727. The molecule has 2 aromatic rings. The highest BCUT2D eigenvalue weighted by atomic mass is 31.2. The molecule has 0 unspecified atom stereocenters. The van der Waals surface area contributed by atoms with Gasteiger partial charge in [0.2, 0.25) is 0 Å². The zero-order valence-corrected chi connectivity index (χ0v) is 11.3. The van der Waals surface area contributed by atoms with Crippen LogP contribution in [0.2, 0.25) is 0 Å². The van der Waals surface area contributed by atoms with Crippen LogP contribution in [-0.2, 0) is 10.7 Å². The van der Waals surface area contributed by atoms with E-state index in [1.54, 1.807) is 13.0 Å². The smallest absolute Gasteiger partial charge is 0.336 e. The largest absolute Gasteiger partial charge is 0.497 e. The van der Waals surface area contributed by atoms with E-state index in [2.05, 4.69) is 0 Å². The molecule has 0 aliphatic heterocycles. The summed E-state index contributed by atoms with van der Waals surface area (Å²) >= 11 is 0. The third kappa shape index (κ3) is 3.04. The second kappa shape index (κ2) is 4.81. The summed E-state index contributed by atoms with van der Waals surface area (Å²) in [6.07, 6.45) is -0.498. The molecule has 0 aliphatic carbocycles. The van der Waals surface area contributed by atoms with E-state index in [4.69, 9.17) is 18.9 Å². The average Bonchev–Trinajstić information content (AvgIpc) is 2.24. The fraction of sp³-hybridized carbons (Fsp3) is 0.250. The van der Waals surface area contributed by atoms with Crippen molar-refractivity contribution in [3.8, 4) is 5.75 Å². The fourth-order valence-electron chi connectivity index (χ4n) is 2.03. The summed E-state index contributed by atoms with van der Waals surface area (Å²) in [6, 6.07) is 4.35. The van der Waals surface area contributed by atoms with E-state index >= 15 is 0 Å². The molecule has 0 atom stereocenters. The molecule has 6 nitrogen and oxygen atoms in total. The van der Waals surface area contributed by atoms with Crippen LogP contribution in [0.15, 0.2) is 27.4 Å². The SMILES string of the molecule is COc1cc(C)c2c(CP(=O)(O)O)cc(=O)oc2c1. The van der Waals surface area contributed by atoms with E-state index < -0.39 is 19.4 Å². The van der Waals surface area contributed by atoms with Gasteiger partial charge in [-0.1, -0.05) is 0 Å². The summed E-state index contributed by atoms with van der Waals surface area (Å²) in [5.41, 5.74) is 0.609. The monoisotopic (exact) mass is 284 g/mol. The molecule has 0 saturated carbocycles. The maximum absolute atomic E-state index is 11.4. The van der Waals surface area contributed by atoms with Crippen LogP contribution in [0.3, 0.4) is 0 Å². The Morgan fingerprint density at radius 1 is 1.32 bits per heavy atom. The Morgan fingerprint density at radius 3 is 2.58 bits per heavy atom. The van der Waals surface area contributed by atoms with Gasteiger partial charge in [0.15, 0.2) is 0 Å². The molecule has 2 rings (SSSR count). The minimum absolute atomic E-state index is 0.257. The molecule has 0 fully saturated rings. The number of benzene rings is 1. The molecule has 1 heterocycles. The normalized spacial score (nSPS) is 11.8. The summed E-state index contributed by atoms with van der Waals surface area (Å²) in [7, 11) is -2.78. The average molecular weight is 284 g/mol. The van der Waals surface area contributed by atoms with Crippen LogP contribution in [0.4, 0.5) is 0 Å². The molecule has 0 radical (unpaired) electrons. The van der Waals surface area contributed by atoms with Crippen LogP contribution in [0.25, 0.3) is 11.0 Å². The van der Waals surface area contributed by atoms with Gasteiger partial charge < -0.3 is 18.9 Å². The van der Waals surface area contributed by atoms with E-state index in [0.29, 0.717) is 11.1 Å². The molecule has 19 heavy (non-hydrogen) atoms. The minimum atomic E-state index is -4.26. The number of fused-ring (bicyclic) bond motifs is 1. The summed E-state index contributed by atoms with van der Waals surface area (Å²) in [4.78, 5) is 29.6. The van der Waals surface area contributed by atoms with Crippen molar-refractivity contribution >= 4 is 18.6 Å². The van der Waals surface area contributed by atoms with Crippen LogP contribution in [0.1, 0.15) is 11.1 Å². The highest BCUT2D eigenvalue weighted by Crippen LogP contribution is 2.41. The van der Waals surface area contributed by atoms with Crippen LogP contribution in [-0.4, -0.2) is 16.9 Å². The van der Waals surface area contributed by atoms with E-state index in [0.717, 1.165) is 11.6 Å². The molecule has 1 aromatic carbocycles. The first-order valence-electron chi connectivity index (χ1n) is 5.46. The standard InChI is InChI=1S/C12H13O6P/c1-7-3-9(17-2)5-10-12(7)8(4-11(13)18-10)6-19(14,15)16/h3-5H,6H2,1-2H3,(H2,14,15,16). The lowest BCUT2D eigenvalue weighted by Gasteiger charge is -2.10. The Hall–Kier alpha value is -1.62. The Labute approximate surface area is 108 Å². The van der Waals surface area contributed by atoms with Crippen molar-refractivity contribution in [2.45, 2.75) is 13.1 Å². The molecule has 0 saturated heterocycles. The molecule has 102 valence electrons. The van der Waals surface area contributed by atoms with Gasteiger partial charge in [0.25, 0.3) is 0 Å². The summed E-state index contributed by atoms with van der Waals surface area (Å²) in [5.74, 6) is 0.515. The first-order valence-corrected chi connectivity index (χ1v) is 7.26. The summed E-state index contributed by atoms with van der Waals surface area (Å²) < 4.78 is 21.2. The van der Waals surface area contributed by atoms with Gasteiger partial charge in [-0.05, 0) is 24.1 Å². The van der Waals surface area contributed by atoms with Gasteiger partial charge in [0.1, 0.15) is 11.3 Å². The van der Waals surface area contributed by atoms with E-state index in [9.17, 15) is 9.36 Å². The zero-order chi connectivity index (χ0) is 14.2. The lowest BCUT2D eigenvalue weighted by molar-refractivity contribution is 0.372. The highest BCUT2D eigenvalue weighted by Gasteiger charge is 2.19. The highest BCUT2D eigenvalue weighted by molar-refractivity contribution is 7.50. The minimum Gasteiger partial charge on any atom is -0.497 e. The molecular formula is C12H13O6P. The molecule has 0 aliphatic rings. The van der Waals surface area contributed by atoms with Gasteiger partial charge in [-0.2, -0.15) is 0 Å². The third-order valence-electron chi connectivity index (χ3n) is 2.71. The number of hydrogen-bond acceptors (Lipinski definition) is 4. The Morgan fingerprint density at radius 2 is 2.00 bits per heavy atom. The number of methoxy groups -OCH3 is 1. The molecular weight excluding hydrogens is 271 g/mol. The van der Waals surface area contributed by atoms with E-state index in [1.165, 1.54) is 13.2 Å². The molecule has 2 N–H and O–H groups in total. The van der Waals surface area contributed by atoms with Crippen LogP contribution < -0.4 is 10.4 Å². The van der Waals surface area contributed by atoms with Gasteiger partial charge in [-0.15, -0.1) is 0 Å². The maximum Gasteiger partial charge on any atom is 0.336 e. The number of rotatable bonds is 3. The maximum atomic E-state index is 11.4. The van der Waals surface area contributed by atoms with Crippen molar-refractivity contribution in [2.24, 2.45) is 0 Å². The van der Waals surface area contributed by atoms with Gasteiger partial charge in [0, 0.05) is 17.5 Å². The van der Waals surface area contributed by atoms with Gasteiger partial charge in [-0.3, -0.25) is 4.57 Å². The van der Waals surface area contributed by atoms with E-state index in [1.807, 2.05) is 0 Å². The summed E-state index contributed by atoms with van der Waals surface area (Å²) in [6.45, 7) is 1.76. The van der Waals surface area contributed by atoms with Crippen molar-refractivity contribution in [3.63, 3.8) is 0 Å². The van der Waals surface area contributed by atoms with Crippen molar-refractivity contribution in [1.29, 1.82) is 0 Å². The molecule has 7 heteroatoms. The van der Waals surface area contributed by atoms with Crippen LogP contribution in [0.5, 0.6) is 5.75 Å². The number of hydrogen-bond donors (Lipinski definition) is 2. The topological polar surface area (TPSA) is 97.0 Å². The predicted molar refractivity (Wildman–Crippen MR) is 69.5 cm³/mol. The molecule has 0 spiro atoms. The van der Waals surface area contributed by atoms with Crippen molar-refractivity contribution in [1.82, 2.24) is 0 Å². The lowest BCUT2D eigenvalue weighted by atomic mass is 10.1. The second-order valence-corrected chi connectivity index (χ2v) is 5.88. The van der Waals surface area contributed by atoms with Crippen LogP contribution in [0, 0.1) is 6.92 Å². The lowest BCUT2D eigenvalue weighted by Crippen LogP contribution is -2.02. The predicted octanol–water partition coefficient (Wildman–Crippen LogP) is 1.79. The van der Waals surface area contributed by atoms with Gasteiger partial charge in [0.05, 0.1) is 13.3 Å². The molecule has 0 bridgehead atoms. The van der Waals surface area contributed by atoms with Gasteiger partial charge >= 0.3 is 13.2 Å². The Balaban J connectivity index is 2.77.